The van der Waals surface area contributed by atoms with Crippen molar-refractivity contribution in [1.82, 2.24) is 0 Å². The zero-order valence-electron chi connectivity index (χ0n) is 11.4. The van der Waals surface area contributed by atoms with E-state index in [-0.39, 0.29) is 12.3 Å². The van der Waals surface area contributed by atoms with Gasteiger partial charge in [-0.05, 0) is 12.1 Å². The molecule has 0 aliphatic carbocycles. The Balaban J connectivity index is 2.07. The molecule has 3 nitrogen and oxygen atoms in total. The SMILES string of the molecule is O=Cc1ccc2ccccc2[n+]1CC(=O)c1ccccc1. The van der Waals surface area contributed by atoms with Gasteiger partial charge in [-0.1, -0.05) is 42.5 Å². The van der Waals surface area contributed by atoms with E-state index < -0.39 is 0 Å². The molecule has 3 rings (SSSR count). The molecular formula is C18H14NO2+. The molecule has 0 aliphatic heterocycles. The molecule has 0 aliphatic rings. The quantitative estimate of drug-likeness (QED) is 0.417. The molecule has 1 heterocycles. The highest BCUT2D eigenvalue weighted by Crippen LogP contribution is 2.10. The lowest BCUT2D eigenvalue weighted by molar-refractivity contribution is -0.658. The van der Waals surface area contributed by atoms with E-state index in [2.05, 4.69) is 0 Å². The van der Waals surface area contributed by atoms with Crippen molar-refractivity contribution >= 4 is 23.0 Å². The summed E-state index contributed by atoms with van der Waals surface area (Å²) in [6, 6.07) is 20.5. The molecule has 0 fully saturated rings. The maximum Gasteiger partial charge on any atom is 0.246 e. The minimum absolute atomic E-state index is 0.0138. The molecular weight excluding hydrogens is 262 g/mol. The summed E-state index contributed by atoms with van der Waals surface area (Å²) < 4.78 is 1.76. The monoisotopic (exact) mass is 276 g/mol. The number of ketones is 1. The number of pyridine rings is 1. The lowest BCUT2D eigenvalue weighted by atomic mass is 10.1. The second kappa shape index (κ2) is 5.67. The third-order valence-electron chi connectivity index (χ3n) is 3.49. The Morgan fingerprint density at radius 2 is 1.62 bits per heavy atom. The van der Waals surface area contributed by atoms with Gasteiger partial charge in [0.25, 0.3) is 0 Å². The van der Waals surface area contributed by atoms with Gasteiger partial charge in [0.2, 0.25) is 29.8 Å². The molecule has 2 aromatic carbocycles. The first kappa shape index (κ1) is 13.2. The number of carbonyl (C=O) groups excluding carboxylic acids is 2. The van der Waals surface area contributed by atoms with Crippen LogP contribution in [-0.2, 0) is 6.54 Å². The minimum atomic E-state index is -0.0138. The first-order valence-electron chi connectivity index (χ1n) is 6.74. The summed E-state index contributed by atoms with van der Waals surface area (Å²) in [7, 11) is 0. The van der Waals surface area contributed by atoms with Crippen molar-refractivity contribution < 1.29 is 14.2 Å². The number of fused-ring (bicyclic) bond motifs is 1. The summed E-state index contributed by atoms with van der Waals surface area (Å²) >= 11 is 0. The normalized spacial score (nSPS) is 10.5. The van der Waals surface area contributed by atoms with Gasteiger partial charge in [-0.2, -0.15) is 4.57 Å². The Morgan fingerprint density at radius 1 is 0.905 bits per heavy atom. The van der Waals surface area contributed by atoms with Crippen LogP contribution in [0.5, 0.6) is 0 Å². The van der Waals surface area contributed by atoms with Crippen LogP contribution in [0, 0.1) is 0 Å². The van der Waals surface area contributed by atoms with Crippen molar-refractivity contribution in [3.8, 4) is 0 Å². The molecule has 1 aromatic heterocycles. The summed E-state index contributed by atoms with van der Waals surface area (Å²) in [4.78, 5) is 23.6. The van der Waals surface area contributed by atoms with Crippen molar-refractivity contribution in [1.29, 1.82) is 0 Å². The molecule has 0 N–H and O–H groups in total. The van der Waals surface area contributed by atoms with Crippen LogP contribution in [0.1, 0.15) is 20.8 Å². The van der Waals surface area contributed by atoms with Gasteiger partial charge in [0.05, 0.1) is 0 Å². The fourth-order valence-electron chi connectivity index (χ4n) is 2.42. The predicted octanol–water partition coefficient (Wildman–Crippen LogP) is 2.82. The van der Waals surface area contributed by atoms with Crippen molar-refractivity contribution in [3.05, 3.63) is 78.0 Å². The molecule has 3 heteroatoms. The van der Waals surface area contributed by atoms with E-state index >= 15 is 0 Å². The highest BCUT2D eigenvalue weighted by molar-refractivity contribution is 5.95. The van der Waals surface area contributed by atoms with E-state index in [1.165, 1.54) is 0 Å². The number of rotatable bonds is 4. The third-order valence-corrected chi connectivity index (χ3v) is 3.49. The van der Waals surface area contributed by atoms with Crippen molar-refractivity contribution in [2.24, 2.45) is 0 Å². The van der Waals surface area contributed by atoms with E-state index in [1.807, 2.05) is 48.5 Å². The van der Waals surface area contributed by atoms with Gasteiger partial charge in [0.1, 0.15) is 0 Å². The Kier molecular flexibility index (Phi) is 3.56. The summed E-state index contributed by atoms with van der Waals surface area (Å²) in [5, 5.41) is 1.00. The number of nitrogens with zero attached hydrogens (tertiary/aromatic N) is 1. The van der Waals surface area contributed by atoms with Crippen LogP contribution in [0.3, 0.4) is 0 Å². The van der Waals surface area contributed by atoms with Crippen LogP contribution < -0.4 is 4.57 Å². The molecule has 21 heavy (non-hydrogen) atoms. The Hall–Kier alpha value is -2.81. The van der Waals surface area contributed by atoms with Gasteiger partial charge in [0.15, 0.2) is 0 Å². The first-order chi connectivity index (χ1) is 10.3. The molecule has 0 saturated carbocycles. The Labute approximate surface area is 122 Å². The van der Waals surface area contributed by atoms with E-state index in [0.29, 0.717) is 11.3 Å². The zero-order chi connectivity index (χ0) is 14.7. The summed E-state index contributed by atoms with van der Waals surface area (Å²) in [5.74, 6) is -0.0138. The molecule has 0 amide bonds. The van der Waals surface area contributed by atoms with E-state index in [4.69, 9.17) is 0 Å². The summed E-state index contributed by atoms with van der Waals surface area (Å²) in [6.07, 6.45) is 0.782. The molecule has 102 valence electrons. The van der Waals surface area contributed by atoms with Gasteiger partial charge in [-0.25, -0.2) is 0 Å². The van der Waals surface area contributed by atoms with Crippen molar-refractivity contribution in [2.75, 3.05) is 0 Å². The number of benzene rings is 2. The van der Waals surface area contributed by atoms with Crippen LogP contribution in [0.2, 0.25) is 0 Å². The Bertz CT molecular complexity index is 810. The number of aldehydes is 1. The third kappa shape index (κ3) is 2.58. The number of hydrogen-bond donors (Lipinski definition) is 0. The zero-order valence-corrected chi connectivity index (χ0v) is 11.4. The fraction of sp³-hybridized carbons (Fsp3) is 0.0556. The van der Waals surface area contributed by atoms with E-state index in [1.54, 1.807) is 22.8 Å². The molecule has 0 bridgehead atoms. The fourth-order valence-corrected chi connectivity index (χ4v) is 2.42. The topological polar surface area (TPSA) is 38.0 Å². The van der Waals surface area contributed by atoms with Crippen LogP contribution in [0.15, 0.2) is 66.7 Å². The van der Waals surface area contributed by atoms with Gasteiger partial charge < -0.3 is 0 Å². The molecule has 0 spiro atoms. The predicted molar refractivity (Wildman–Crippen MR) is 80.3 cm³/mol. The van der Waals surface area contributed by atoms with Crippen LogP contribution in [0.25, 0.3) is 10.9 Å². The number of aromatic nitrogens is 1. The maximum atomic E-state index is 12.4. The second-order valence-corrected chi connectivity index (χ2v) is 4.81. The first-order valence-corrected chi connectivity index (χ1v) is 6.74. The van der Waals surface area contributed by atoms with Crippen LogP contribution in [-0.4, -0.2) is 12.1 Å². The van der Waals surface area contributed by atoms with E-state index in [0.717, 1.165) is 17.2 Å². The minimum Gasteiger partial charge on any atom is -0.291 e. The van der Waals surface area contributed by atoms with Crippen LogP contribution in [0.4, 0.5) is 0 Å². The van der Waals surface area contributed by atoms with Gasteiger partial charge >= 0.3 is 0 Å². The lowest BCUT2D eigenvalue weighted by Gasteiger charge is -2.04. The largest absolute Gasteiger partial charge is 0.291 e. The molecule has 0 radical (unpaired) electrons. The van der Waals surface area contributed by atoms with Crippen molar-refractivity contribution in [3.63, 3.8) is 0 Å². The molecule has 0 atom stereocenters. The van der Waals surface area contributed by atoms with Gasteiger partial charge in [-0.15, -0.1) is 0 Å². The number of carbonyl (C=O) groups is 2. The second-order valence-electron chi connectivity index (χ2n) is 4.81. The van der Waals surface area contributed by atoms with Crippen molar-refractivity contribution in [2.45, 2.75) is 6.54 Å². The van der Waals surface area contributed by atoms with Gasteiger partial charge in [-0.3, -0.25) is 9.59 Å². The average molecular weight is 276 g/mol. The Morgan fingerprint density at radius 3 is 2.38 bits per heavy atom. The maximum absolute atomic E-state index is 12.4. The summed E-state index contributed by atoms with van der Waals surface area (Å²) in [6.45, 7) is 0.152. The number of para-hydroxylation sites is 1. The molecule has 3 aromatic rings. The molecule has 0 unspecified atom stereocenters. The average Bonchev–Trinajstić information content (AvgIpc) is 2.56. The van der Waals surface area contributed by atoms with E-state index in [9.17, 15) is 9.59 Å². The smallest absolute Gasteiger partial charge is 0.246 e. The number of Topliss-reactive ketones (excluding diaryl/α,β-unsaturated/α-hetero) is 1. The number of hydrogen-bond acceptors (Lipinski definition) is 2. The summed E-state index contributed by atoms with van der Waals surface area (Å²) in [5.41, 5.74) is 2.03. The highest BCUT2D eigenvalue weighted by atomic mass is 16.1. The molecule has 0 saturated heterocycles. The highest BCUT2D eigenvalue weighted by Gasteiger charge is 2.19. The van der Waals surface area contributed by atoms with Gasteiger partial charge in [0, 0.05) is 23.1 Å². The standard InChI is InChI=1S/C18H14NO2/c20-13-16-11-10-14-6-4-5-9-17(14)19(16)12-18(21)15-7-2-1-3-8-15/h1-11,13H,12H2/q+1. The lowest BCUT2D eigenvalue weighted by Crippen LogP contribution is -2.42. The van der Waals surface area contributed by atoms with Crippen LogP contribution >= 0.6 is 0 Å².